The number of hydrogen-bond donors (Lipinski definition) is 1. The molecule has 14 heavy (non-hydrogen) atoms. The van der Waals surface area contributed by atoms with Crippen molar-refractivity contribution in [2.24, 2.45) is 0 Å². The van der Waals surface area contributed by atoms with Crippen molar-refractivity contribution in [2.75, 3.05) is 6.00 Å². The molecule has 4 heteroatoms. The molecule has 0 fully saturated rings. The van der Waals surface area contributed by atoms with Gasteiger partial charge in [0.2, 0.25) is 0 Å². The zero-order chi connectivity index (χ0) is 10.4. The van der Waals surface area contributed by atoms with Crippen LogP contribution < -0.4 is 5.32 Å². The molecule has 0 aliphatic carbocycles. The number of hydrogen-bond acceptors (Lipinski definition) is 2. The minimum atomic E-state index is -0.503. The van der Waals surface area contributed by atoms with Gasteiger partial charge in [-0.25, -0.2) is 4.79 Å². The molecule has 0 unspecified atom stereocenters. The van der Waals surface area contributed by atoms with Crippen molar-refractivity contribution in [1.82, 2.24) is 5.32 Å². The third-order valence-corrected chi connectivity index (χ3v) is 1.90. The highest BCUT2D eigenvalue weighted by Gasteiger charge is 2.09. The fourth-order valence-electron chi connectivity index (χ4n) is 1.05. The Kier molecular flexibility index (Phi) is 4.26. The first-order valence-corrected chi connectivity index (χ1v) is 4.83. The van der Waals surface area contributed by atoms with E-state index in [0.29, 0.717) is 0 Å². The molecular formula is C10H12ClNO2. The quantitative estimate of drug-likeness (QED) is 0.619. The van der Waals surface area contributed by atoms with Crippen LogP contribution in [0.5, 0.6) is 0 Å². The van der Waals surface area contributed by atoms with E-state index in [1.807, 2.05) is 37.3 Å². The van der Waals surface area contributed by atoms with Crippen LogP contribution in [0, 0.1) is 0 Å². The van der Waals surface area contributed by atoms with Crippen LogP contribution in [0.1, 0.15) is 18.6 Å². The van der Waals surface area contributed by atoms with Gasteiger partial charge < -0.3 is 10.1 Å². The molecule has 0 bridgehead atoms. The van der Waals surface area contributed by atoms with E-state index >= 15 is 0 Å². The molecule has 1 N–H and O–H groups in total. The summed E-state index contributed by atoms with van der Waals surface area (Å²) in [5.41, 5.74) is 0.956. The van der Waals surface area contributed by atoms with E-state index in [9.17, 15) is 4.79 Å². The van der Waals surface area contributed by atoms with E-state index in [0.717, 1.165) is 5.56 Å². The normalized spacial score (nSPS) is 11.9. The van der Waals surface area contributed by atoms with E-state index < -0.39 is 6.09 Å². The molecule has 0 aliphatic heterocycles. The Morgan fingerprint density at radius 2 is 2.14 bits per heavy atom. The molecule has 1 aromatic carbocycles. The van der Waals surface area contributed by atoms with Gasteiger partial charge in [-0.1, -0.05) is 30.3 Å². The van der Waals surface area contributed by atoms with E-state index in [2.05, 4.69) is 5.32 Å². The predicted octanol–water partition coefficient (Wildman–Crippen LogP) is 2.67. The van der Waals surface area contributed by atoms with E-state index in [1.54, 1.807) is 0 Å². The van der Waals surface area contributed by atoms with Crippen LogP contribution in [-0.4, -0.2) is 12.1 Å². The fourth-order valence-corrected chi connectivity index (χ4v) is 1.16. The standard InChI is InChI=1S/C10H12ClNO2/c1-8(14-10(13)12-7-11)9-5-3-2-4-6-9/h2-6,8H,7H2,1H3,(H,12,13)/t8-/m0/s1. The Hall–Kier alpha value is -1.22. The van der Waals surface area contributed by atoms with Gasteiger partial charge in [-0.05, 0) is 12.5 Å². The fraction of sp³-hybridized carbons (Fsp3) is 0.300. The van der Waals surface area contributed by atoms with Crippen molar-refractivity contribution in [1.29, 1.82) is 0 Å². The van der Waals surface area contributed by atoms with Gasteiger partial charge in [0.15, 0.2) is 0 Å². The molecular weight excluding hydrogens is 202 g/mol. The Morgan fingerprint density at radius 1 is 1.50 bits per heavy atom. The van der Waals surface area contributed by atoms with Gasteiger partial charge in [0.1, 0.15) is 6.10 Å². The summed E-state index contributed by atoms with van der Waals surface area (Å²) < 4.78 is 5.04. The Morgan fingerprint density at radius 3 is 2.71 bits per heavy atom. The molecule has 1 rings (SSSR count). The van der Waals surface area contributed by atoms with Gasteiger partial charge >= 0.3 is 6.09 Å². The number of halogens is 1. The molecule has 0 aliphatic rings. The van der Waals surface area contributed by atoms with Crippen LogP contribution in [-0.2, 0) is 4.74 Å². The summed E-state index contributed by atoms with van der Waals surface area (Å²) in [6.45, 7) is 1.81. The molecule has 0 aromatic heterocycles. The number of rotatable bonds is 3. The molecule has 0 radical (unpaired) electrons. The summed E-state index contributed by atoms with van der Waals surface area (Å²) in [6.07, 6.45) is -0.768. The lowest BCUT2D eigenvalue weighted by Gasteiger charge is -2.12. The zero-order valence-corrected chi connectivity index (χ0v) is 8.62. The van der Waals surface area contributed by atoms with Crippen molar-refractivity contribution in [3.63, 3.8) is 0 Å². The second-order valence-corrected chi connectivity index (χ2v) is 3.04. The third-order valence-electron chi connectivity index (χ3n) is 1.76. The predicted molar refractivity (Wildman–Crippen MR) is 55.2 cm³/mol. The number of benzene rings is 1. The van der Waals surface area contributed by atoms with Gasteiger partial charge in [0.05, 0.1) is 6.00 Å². The Bertz CT molecular complexity index is 289. The molecule has 1 aromatic rings. The first kappa shape index (κ1) is 10.9. The summed E-state index contributed by atoms with van der Waals surface area (Å²) in [7, 11) is 0. The summed E-state index contributed by atoms with van der Waals surface area (Å²) in [4.78, 5) is 11.0. The smallest absolute Gasteiger partial charge is 0.408 e. The molecule has 0 heterocycles. The molecule has 1 atom stereocenters. The lowest BCUT2D eigenvalue weighted by atomic mass is 10.1. The maximum Gasteiger partial charge on any atom is 0.408 e. The zero-order valence-electron chi connectivity index (χ0n) is 7.87. The monoisotopic (exact) mass is 213 g/mol. The molecule has 76 valence electrons. The first-order valence-electron chi connectivity index (χ1n) is 4.29. The van der Waals surface area contributed by atoms with E-state index in [-0.39, 0.29) is 12.1 Å². The maximum absolute atomic E-state index is 11.0. The van der Waals surface area contributed by atoms with Gasteiger partial charge in [0.25, 0.3) is 0 Å². The van der Waals surface area contributed by atoms with Crippen LogP contribution in [0.3, 0.4) is 0 Å². The van der Waals surface area contributed by atoms with E-state index in [4.69, 9.17) is 16.3 Å². The van der Waals surface area contributed by atoms with Crippen molar-refractivity contribution >= 4 is 17.7 Å². The summed E-state index contributed by atoms with van der Waals surface area (Å²) >= 11 is 5.31. The Labute approximate surface area is 88.0 Å². The van der Waals surface area contributed by atoms with Crippen LogP contribution in [0.15, 0.2) is 30.3 Å². The summed E-state index contributed by atoms with van der Waals surface area (Å²) in [6, 6.07) is 9.57. The number of alkyl carbamates (subject to hydrolysis) is 1. The second-order valence-electron chi connectivity index (χ2n) is 2.77. The molecule has 3 nitrogen and oxygen atoms in total. The largest absolute Gasteiger partial charge is 0.442 e. The lowest BCUT2D eigenvalue weighted by Crippen LogP contribution is -2.23. The lowest BCUT2D eigenvalue weighted by molar-refractivity contribution is 0.108. The highest BCUT2D eigenvalue weighted by molar-refractivity contribution is 6.18. The highest BCUT2D eigenvalue weighted by atomic mass is 35.5. The second kappa shape index (κ2) is 5.50. The number of carbonyl (C=O) groups is 1. The average molecular weight is 214 g/mol. The van der Waals surface area contributed by atoms with Gasteiger partial charge in [-0.3, -0.25) is 0 Å². The minimum Gasteiger partial charge on any atom is -0.442 e. The topological polar surface area (TPSA) is 38.3 Å². The van der Waals surface area contributed by atoms with Gasteiger partial charge in [-0.15, -0.1) is 11.6 Å². The molecule has 0 spiro atoms. The maximum atomic E-state index is 11.0. The van der Waals surface area contributed by atoms with Crippen molar-refractivity contribution in [3.05, 3.63) is 35.9 Å². The van der Waals surface area contributed by atoms with Crippen molar-refractivity contribution < 1.29 is 9.53 Å². The number of amides is 1. The number of carbonyl (C=O) groups excluding carboxylic acids is 1. The molecule has 0 saturated carbocycles. The SMILES string of the molecule is C[C@H](OC(=O)NCCl)c1ccccc1. The van der Waals surface area contributed by atoms with Crippen LogP contribution in [0.25, 0.3) is 0 Å². The number of alkyl halides is 1. The average Bonchev–Trinajstić information content (AvgIpc) is 2.19. The van der Waals surface area contributed by atoms with Crippen LogP contribution >= 0.6 is 11.6 Å². The van der Waals surface area contributed by atoms with Gasteiger partial charge in [0, 0.05) is 0 Å². The molecule has 1 amide bonds. The third kappa shape index (κ3) is 3.26. The van der Waals surface area contributed by atoms with Gasteiger partial charge in [-0.2, -0.15) is 0 Å². The van der Waals surface area contributed by atoms with E-state index in [1.165, 1.54) is 0 Å². The highest BCUT2D eigenvalue weighted by Crippen LogP contribution is 2.15. The van der Waals surface area contributed by atoms with Crippen molar-refractivity contribution in [2.45, 2.75) is 13.0 Å². The summed E-state index contributed by atoms with van der Waals surface area (Å²) in [5, 5.41) is 2.35. The number of nitrogens with one attached hydrogen (secondary N) is 1. The minimum absolute atomic E-state index is 0.0559. The van der Waals surface area contributed by atoms with Crippen LogP contribution in [0.4, 0.5) is 4.79 Å². The Balaban J connectivity index is 2.50. The number of ether oxygens (including phenoxy) is 1. The first-order chi connectivity index (χ1) is 6.74. The molecule has 0 saturated heterocycles. The van der Waals surface area contributed by atoms with Crippen molar-refractivity contribution in [3.8, 4) is 0 Å². The summed E-state index contributed by atoms with van der Waals surface area (Å²) in [5.74, 6) is 0. The van der Waals surface area contributed by atoms with Crippen LogP contribution in [0.2, 0.25) is 0 Å².